The summed E-state index contributed by atoms with van der Waals surface area (Å²) in [4.78, 5) is 0. The van der Waals surface area contributed by atoms with E-state index in [1.54, 1.807) is 0 Å². The number of allylic oxidation sites excluding steroid dienone is 2. The minimum Gasteiger partial charge on any atom is -0.392 e. The Labute approximate surface area is 81.8 Å². The summed E-state index contributed by atoms with van der Waals surface area (Å²) < 4.78 is 0. The Balaban J connectivity index is 2.99. The SMILES string of the molecule is C/C=C/CCCCCCC(O)CN. The molecule has 0 aliphatic heterocycles. The van der Waals surface area contributed by atoms with Gasteiger partial charge in [-0.2, -0.15) is 0 Å². The number of nitrogens with two attached hydrogens (primary N) is 1. The van der Waals surface area contributed by atoms with E-state index in [1.807, 2.05) is 0 Å². The van der Waals surface area contributed by atoms with Gasteiger partial charge >= 0.3 is 0 Å². The van der Waals surface area contributed by atoms with Crippen molar-refractivity contribution >= 4 is 0 Å². The van der Waals surface area contributed by atoms with Crippen LogP contribution in [-0.2, 0) is 0 Å². The Hall–Kier alpha value is -0.340. The molecule has 2 heteroatoms. The predicted octanol–water partition coefficient (Wildman–Crippen LogP) is 2.22. The predicted molar refractivity (Wildman–Crippen MR) is 57.6 cm³/mol. The van der Waals surface area contributed by atoms with Crippen LogP contribution in [0.3, 0.4) is 0 Å². The van der Waals surface area contributed by atoms with Gasteiger partial charge in [0.25, 0.3) is 0 Å². The molecule has 13 heavy (non-hydrogen) atoms. The lowest BCUT2D eigenvalue weighted by molar-refractivity contribution is 0.168. The molecule has 0 bridgehead atoms. The van der Waals surface area contributed by atoms with Crippen molar-refractivity contribution < 1.29 is 5.11 Å². The molecule has 0 aliphatic rings. The number of aliphatic hydroxyl groups excluding tert-OH is 1. The molecule has 0 amide bonds. The zero-order valence-electron chi connectivity index (χ0n) is 8.71. The van der Waals surface area contributed by atoms with Crippen LogP contribution in [0.1, 0.15) is 45.4 Å². The molecule has 1 atom stereocenters. The minimum atomic E-state index is -0.282. The average molecular weight is 185 g/mol. The van der Waals surface area contributed by atoms with Gasteiger partial charge in [0, 0.05) is 6.54 Å². The Morgan fingerprint density at radius 1 is 1.23 bits per heavy atom. The molecule has 0 aliphatic carbocycles. The lowest BCUT2D eigenvalue weighted by Crippen LogP contribution is -2.19. The highest BCUT2D eigenvalue weighted by molar-refractivity contribution is 4.76. The lowest BCUT2D eigenvalue weighted by atomic mass is 10.1. The van der Waals surface area contributed by atoms with E-state index >= 15 is 0 Å². The van der Waals surface area contributed by atoms with Crippen molar-refractivity contribution in [1.29, 1.82) is 0 Å². The average Bonchev–Trinajstić information content (AvgIpc) is 2.16. The van der Waals surface area contributed by atoms with Crippen molar-refractivity contribution in [2.75, 3.05) is 6.54 Å². The van der Waals surface area contributed by atoms with E-state index in [9.17, 15) is 0 Å². The Kier molecular flexibility index (Phi) is 9.49. The largest absolute Gasteiger partial charge is 0.392 e. The van der Waals surface area contributed by atoms with Gasteiger partial charge in [0.05, 0.1) is 6.10 Å². The third kappa shape index (κ3) is 9.57. The van der Waals surface area contributed by atoms with Gasteiger partial charge in [-0.3, -0.25) is 0 Å². The first-order chi connectivity index (χ1) is 6.31. The zero-order valence-corrected chi connectivity index (χ0v) is 8.71. The maximum atomic E-state index is 9.16. The Morgan fingerprint density at radius 2 is 1.92 bits per heavy atom. The number of rotatable bonds is 8. The van der Waals surface area contributed by atoms with Gasteiger partial charge in [0.15, 0.2) is 0 Å². The standard InChI is InChI=1S/C11H23NO/c1-2-3-4-5-6-7-8-9-11(13)10-12/h2-3,11,13H,4-10,12H2,1H3/b3-2+. The van der Waals surface area contributed by atoms with Crippen LogP contribution in [0, 0.1) is 0 Å². The second kappa shape index (κ2) is 9.75. The molecule has 0 radical (unpaired) electrons. The highest BCUT2D eigenvalue weighted by atomic mass is 16.3. The van der Waals surface area contributed by atoms with E-state index in [1.165, 1.54) is 25.7 Å². The summed E-state index contributed by atoms with van der Waals surface area (Å²) >= 11 is 0. The molecule has 0 aromatic carbocycles. The van der Waals surface area contributed by atoms with Crippen molar-refractivity contribution in [1.82, 2.24) is 0 Å². The molecule has 0 fully saturated rings. The fraction of sp³-hybridized carbons (Fsp3) is 0.818. The van der Waals surface area contributed by atoms with E-state index in [0.29, 0.717) is 6.54 Å². The van der Waals surface area contributed by atoms with Crippen LogP contribution in [0.5, 0.6) is 0 Å². The van der Waals surface area contributed by atoms with Crippen molar-refractivity contribution in [3.8, 4) is 0 Å². The van der Waals surface area contributed by atoms with Crippen LogP contribution in [0.4, 0.5) is 0 Å². The van der Waals surface area contributed by atoms with Crippen LogP contribution in [0.15, 0.2) is 12.2 Å². The van der Waals surface area contributed by atoms with Crippen LogP contribution in [0.2, 0.25) is 0 Å². The maximum absolute atomic E-state index is 9.16. The molecule has 0 spiro atoms. The van der Waals surface area contributed by atoms with Crippen LogP contribution < -0.4 is 5.73 Å². The first-order valence-electron chi connectivity index (χ1n) is 5.30. The van der Waals surface area contributed by atoms with Crippen molar-refractivity contribution in [3.05, 3.63) is 12.2 Å². The highest BCUT2D eigenvalue weighted by Gasteiger charge is 1.99. The first-order valence-corrected chi connectivity index (χ1v) is 5.30. The van der Waals surface area contributed by atoms with Crippen LogP contribution in [-0.4, -0.2) is 17.8 Å². The molecule has 1 unspecified atom stereocenters. The summed E-state index contributed by atoms with van der Waals surface area (Å²) in [6.45, 7) is 2.45. The number of aliphatic hydroxyl groups is 1. The number of hydrogen-bond acceptors (Lipinski definition) is 2. The van der Waals surface area contributed by atoms with Gasteiger partial charge < -0.3 is 10.8 Å². The van der Waals surface area contributed by atoms with Gasteiger partial charge in [0.2, 0.25) is 0 Å². The molecule has 2 nitrogen and oxygen atoms in total. The second-order valence-electron chi connectivity index (χ2n) is 3.45. The summed E-state index contributed by atoms with van der Waals surface area (Å²) in [5.74, 6) is 0. The van der Waals surface area contributed by atoms with E-state index in [-0.39, 0.29) is 6.10 Å². The maximum Gasteiger partial charge on any atom is 0.0662 e. The molecular weight excluding hydrogens is 162 g/mol. The second-order valence-corrected chi connectivity index (χ2v) is 3.45. The quantitative estimate of drug-likeness (QED) is 0.450. The molecular formula is C11H23NO. The Bertz CT molecular complexity index is 123. The normalized spacial score (nSPS) is 13.8. The summed E-state index contributed by atoms with van der Waals surface area (Å²) in [6.07, 6.45) is 10.9. The lowest BCUT2D eigenvalue weighted by Gasteiger charge is -2.06. The number of unbranched alkanes of at least 4 members (excludes halogenated alkanes) is 4. The molecule has 0 saturated carbocycles. The molecule has 78 valence electrons. The smallest absolute Gasteiger partial charge is 0.0662 e. The van der Waals surface area contributed by atoms with Crippen molar-refractivity contribution in [2.24, 2.45) is 5.73 Å². The molecule has 0 aromatic rings. The van der Waals surface area contributed by atoms with Gasteiger partial charge in [-0.25, -0.2) is 0 Å². The van der Waals surface area contributed by atoms with Gasteiger partial charge in [-0.1, -0.05) is 31.4 Å². The minimum absolute atomic E-state index is 0.282. The highest BCUT2D eigenvalue weighted by Crippen LogP contribution is 2.07. The van der Waals surface area contributed by atoms with Gasteiger partial charge in [-0.15, -0.1) is 0 Å². The summed E-state index contributed by atoms with van der Waals surface area (Å²) in [5.41, 5.74) is 5.29. The summed E-state index contributed by atoms with van der Waals surface area (Å²) in [7, 11) is 0. The topological polar surface area (TPSA) is 46.2 Å². The van der Waals surface area contributed by atoms with E-state index < -0.39 is 0 Å². The molecule has 0 saturated heterocycles. The van der Waals surface area contributed by atoms with E-state index in [4.69, 9.17) is 10.8 Å². The van der Waals surface area contributed by atoms with Gasteiger partial charge in [-0.05, 0) is 26.2 Å². The van der Waals surface area contributed by atoms with Crippen molar-refractivity contribution in [3.63, 3.8) is 0 Å². The third-order valence-electron chi connectivity index (χ3n) is 2.17. The Morgan fingerprint density at radius 3 is 2.54 bits per heavy atom. The third-order valence-corrected chi connectivity index (χ3v) is 2.17. The monoisotopic (exact) mass is 185 g/mol. The molecule has 0 aromatic heterocycles. The summed E-state index contributed by atoms with van der Waals surface area (Å²) in [6, 6.07) is 0. The van der Waals surface area contributed by atoms with E-state index in [2.05, 4.69) is 19.1 Å². The fourth-order valence-corrected chi connectivity index (χ4v) is 1.28. The van der Waals surface area contributed by atoms with Gasteiger partial charge in [0.1, 0.15) is 0 Å². The van der Waals surface area contributed by atoms with E-state index in [0.717, 1.165) is 12.8 Å². The molecule has 0 rings (SSSR count). The van der Waals surface area contributed by atoms with Crippen LogP contribution >= 0.6 is 0 Å². The zero-order chi connectivity index (χ0) is 9.94. The molecule has 0 heterocycles. The summed E-state index contributed by atoms with van der Waals surface area (Å²) in [5, 5.41) is 9.16. The van der Waals surface area contributed by atoms with Crippen molar-refractivity contribution in [2.45, 2.75) is 51.6 Å². The van der Waals surface area contributed by atoms with Crippen LogP contribution in [0.25, 0.3) is 0 Å². The number of hydrogen-bond donors (Lipinski definition) is 2. The first kappa shape index (κ1) is 12.7. The fourth-order valence-electron chi connectivity index (χ4n) is 1.28. The molecule has 3 N–H and O–H groups in total.